The van der Waals surface area contributed by atoms with Crippen LogP contribution >= 0.6 is 22.7 Å². The molecule has 0 aliphatic heterocycles. The third-order valence-corrected chi connectivity index (χ3v) is 7.27. The Morgan fingerprint density at radius 1 is 0.793 bits per heavy atom. The van der Waals surface area contributed by atoms with E-state index in [1.54, 1.807) is 40.9 Å². The van der Waals surface area contributed by atoms with E-state index >= 15 is 0 Å². The van der Waals surface area contributed by atoms with Crippen molar-refractivity contribution in [3.8, 4) is 9.75 Å². The Labute approximate surface area is 173 Å². The first-order chi connectivity index (χ1) is 14.2. The van der Waals surface area contributed by atoms with Crippen molar-refractivity contribution in [2.75, 3.05) is 0 Å². The molecule has 138 valence electrons. The molecule has 5 aromatic rings. The van der Waals surface area contributed by atoms with Crippen molar-refractivity contribution in [1.29, 1.82) is 0 Å². The summed E-state index contributed by atoms with van der Waals surface area (Å²) in [5.41, 5.74) is 1.86. The lowest BCUT2D eigenvalue weighted by Gasteiger charge is -2.00. The number of allylic oxidation sites excluding steroid dienone is 1. The van der Waals surface area contributed by atoms with Crippen LogP contribution in [0.2, 0.25) is 0 Å². The van der Waals surface area contributed by atoms with Crippen LogP contribution in [0.3, 0.4) is 0 Å². The molecule has 0 saturated heterocycles. The van der Waals surface area contributed by atoms with Crippen LogP contribution in [0.25, 0.3) is 36.9 Å². The molecule has 3 nitrogen and oxygen atoms in total. The SMILES string of the molecule is O=C1C(=Cc2cc3sc(-c4cccs4)cc3o2)C(=O)c2cc3ccccc3cc21. The number of carbonyl (C=O) groups is 2. The average Bonchev–Trinajstić information content (AvgIpc) is 3.48. The molecule has 0 amide bonds. The normalized spacial score (nSPS) is 13.6. The monoisotopic (exact) mass is 412 g/mol. The van der Waals surface area contributed by atoms with Gasteiger partial charge in [0.2, 0.25) is 0 Å². The molecule has 0 saturated carbocycles. The van der Waals surface area contributed by atoms with Crippen LogP contribution in [0.15, 0.2) is 76.0 Å². The van der Waals surface area contributed by atoms with E-state index in [1.165, 1.54) is 4.88 Å². The minimum Gasteiger partial charge on any atom is -0.456 e. The summed E-state index contributed by atoms with van der Waals surface area (Å²) in [7, 11) is 0. The number of fused-ring (bicyclic) bond motifs is 3. The minimum absolute atomic E-state index is 0.162. The van der Waals surface area contributed by atoms with Crippen LogP contribution in [0.4, 0.5) is 0 Å². The Hall–Kier alpha value is -3.28. The number of hydrogen-bond acceptors (Lipinski definition) is 5. The van der Waals surface area contributed by atoms with Gasteiger partial charge in [0.15, 0.2) is 11.6 Å². The van der Waals surface area contributed by atoms with Gasteiger partial charge in [0.1, 0.15) is 11.3 Å². The van der Waals surface area contributed by atoms with Crippen molar-refractivity contribution in [3.05, 3.63) is 88.5 Å². The Kier molecular flexibility index (Phi) is 3.51. The number of rotatable bonds is 2. The highest BCUT2D eigenvalue weighted by atomic mass is 32.1. The van der Waals surface area contributed by atoms with Crippen LogP contribution in [0.1, 0.15) is 26.5 Å². The summed E-state index contributed by atoms with van der Waals surface area (Å²) in [5, 5.41) is 3.95. The van der Waals surface area contributed by atoms with E-state index in [4.69, 9.17) is 4.42 Å². The first-order valence-electron chi connectivity index (χ1n) is 9.08. The Bertz CT molecular complexity index is 1390. The predicted octanol–water partition coefficient (Wildman–Crippen LogP) is 6.84. The number of furan rings is 1. The second-order valence-corrected chi connectivity index (χ2v) is 8.96. The van der Waals surface area contributed by atoms with Crippen LogP contribution in [0, 0.1) is 0 Å². The maximum atomic E-state index is 12.9. The van der Waals surface area contributed by atoms with Crippen molar-refractivity contribution in [2.24, 2.45) is 0 Å². The molecule has 5 heteroatoms. The molecule has 6 rings (SSSR count). The van der Waals surface area contributed by atoms with Crippen LogP contribution in [0.5, 0.6) is 0 Å². The van der Waals surface area contributed by atoms with Gasteiger partial charge >= 0.3 is 0 Å². The number of hydrogen-bond donors (Lipinski definition) is 0. The zero-order valence-corrected chi connectivity index (χ0v) is 16.6. The van der Waals surface area contributed by atoms with E-state index < -0.39 is 0 Å². The van der Waals surface area contributed by atoms with Gasteiger partial charge in [-0.1, -0.05) is 30.3 Å². The largest absolute Gasteiger partial charge is 0.456 e. The van der Waals surface area contributed by atoms with E-state index in [1.807, 2.05) is 47.8 Å². The topological polar surface area (TPSA) is 47.3 Å². The van der Waals surface area contributed by atoms with Crippen molar-refractivity contribution in [2.45, 2.75) is 0 Å². The minimum atomic E-state index is -0.241. The number of Topliss-reactive ketones (excluding diaryl/α,β-unsaturated/α-hetero) is 2. The lowest BCUT2D eigenvalue weighted by molar-refractivity contribution is 0.0990. The lowest BCUT2D eigenvalue weighted by Crippen LogP contribution is -1.99. The summed E-state index contributed by atoms with van der Waals surface area (Å²) in [5.74, 6) is 0.0441. The van der Waals surface area contributed by atoms with Crippen molar-refractivity contribution in [3.63, 3.8) is 0 Å². The predicted molar refractivity (Wildman–Crippen MR) is 118 cm³/mol. The maximum Gasteiger partial charge on any atom is 0.197 e. The van der Waals surface area contributed by atoms with Crippen LogP contribution < -0.4 is 0 Å². The third kappa shape index (κ3) is 2.55. The highest BCUT2D eigenvalue weighted by Gasteiger charge is 2.33. The first-order valence-corrected chi connectivity index (χ1v) is 10.8. The van der Waals surface area contributed by atoms with Gasteiger partial charge in [0.05, 0.1) is 10.3 Å². The van der Waals surface area contributed by atoms with Gasteiger partial charge in [-0.2, -0.15) is 0 Å². The smallest absolute Gasteiger partial charge is 0.197 e. The van der Waals surface area contributed by atoms with Crippen LogP contribution in [-0.2, 0) is 0 Å². The molecule has 1 aliphatic rings. The molecular formula is C24H12O3S2. The second-order valence-electron chi connectivity index (χ2n) is 6.93. The molecule has 0 bridgehead atoms. The van der Waals surface area contributed by atoms with E-state index in [0.29, 0.717) is 16.9 Å². The van der Waals surface area contributed by atoms with Crippen molar-refractivity contribution < 1.29 is 14.0 Å². The van der Waals surface area contributed by atoms with Gasteiger partial charge in [-0.05, 0) is 40.4 Å². The summed E-state index contributed by atoms with van der Waals surface area (Å²) >= 11 is 3.33. The molecule has 3 aromatic heterocycles. The number of benzene rings is 2. The Morgan fingerprint density at radius 3 is 2.14 bits per heavy atom. The second kappa shape index (κ2) is 6.11. The molecule has 0 radical (unpaired) electrons. The fourth-order valence-corrected chi connectivity index (χ4v) is 5.60. The quantitative estimate of drug-likeness (QED) is 0.236. The van der Waals surface area contributed by atoms with Crippen molar-refractivity contribution >= 4 is 61.4 Å². The van der Waals surface area contributed by atoms with Gasteiger partial charge in [0.25, 0.3) is 0 Å². The molecule has 0 N–H and O–H groups in total. The van der Waals surface area contributed by atoms with Gasteiger partial charge in [-0.3, -0.25) is 9.59 Å². The molecule has 1 aliphatic carbocycles. The summed E-state index contributed by atoms with van der Waals surface area (Å²) < 4.78 is 6.92. The molecule has 2 aromatic carbocycles. The molecule has 0 fully saturated rings. The Morgan fingerprint density at radius 2 is 1.52 bits per heavy atom. The molecule has 3 heterocycles. The van der Waals surface area contributed by atoms with Crippen molar-refractivity contribution in [1.82, 2.24) is 0 Å². The van der Waals surface area contributed by atoms with E-state index in [2.05, 4.69) is 6.07 Å². The summed E-state index contributed by atoms with van der Waals surface area (Å²) in [6, 6.07) is 19.4. The molecule has 0 spiro atoms. The van der Waals surface area contributed by atoms with Gasteiger partial charge in [-0.25, -0.2) is 0 Å². The number of thiophene rings is 2. The zero-order chi connectivity index (χ0) is 19.5. The Balaban J connectivity index is 1.41. The molecule has 0 atom stereocenters. The zero-order valence-electron chi connectivity index (χ0n) is 15.0. The fraction of sp³-hybridized carbons (Fsp3) is 0. The highest BCUT2D eigenvalue weighted by Crippen LogP contribution is 2.38. The first kappa shape index (κ1) is 16.7. The van der Waals surface area contributed by atoms with E-state index in [-0.39, 0.29) is 17.1 Å². The maximum absolute atomic E-state index is 12.9. The molecule has 0 unspecified atom stereocenters. The summed E-state index contributed by atoms with van der Waals surface area (Å²) in [6.45, 7) is 0. The lowest BCUT2D eigenvalue weighted by atomic mass is 10.0. The van der Waals surface area contributed by atoms with Gasteiger partial charge in [-0.15, -0.1) is 22.7 Å². The third-order valence-electron chi connectivity index (χ3n) is 5.14. The number of carbonyl (C=O) groups excluding carboxylic acids is 2. The highest BCUT2D eigenvalue weighted by molar-refractivity contribution is 7.25. The average molecular weight is 412 g/mol. The molecular weight excluding hydrogens is 400 g/mol. The van der Waals surface area contributed by atoms with Gasteiger partial charge in [0, 0.05) is 33.0 Å². The van der Waals surface area contributed by atoms with Gasteiger partial charge < -0.3 is 4.42 Å². The fourth-order valence-electron chi connectivity index (χ4n) is 3.75. The summed E-state index contributed by atoms with van der Waals surface area (Å²) in [4.78, 5) is 28.1. The van der Waals surface area contributed by atoms with E-state index in [0.717, 1.165) is 25.9 Å². The standard InChI is InChI=1S/C24H12O3S2/c25-23-16-8-13-4-1-2-5-14(13)9-17(16)24(26)18(23)10-15-11-21-19(27-15)12-22(29-21)20-6-3-7-28-20/h1-12H. The number of ketones is 2. The van der Waals surface area contributed by atoms with E-state index in [9.17, 15) is 9.59 Å². The molecule has 29 heavy (non-hydrogen) atoms. The summed E-state index contributed by atoms with van der Waals surface area (Å²) in [6.07, 6.45) is 1.58. The van der Waals surface area contributed by atoms with Crippen LogP contribution in [-0.4, -0.2) is 11.6 Å².